The second-order valence-electron chi connectivity index (χ2n) is 5.91. The van der Waals surface area contributed by atoms with E-state index < -0.39 is 0 Å². The van der Waals surface area contributed by atoms with Gasteiger partial charge in [0.05, 0.1) is 24.2 Å². The lowest BCUT2D eigenvalue weighted by Gasteiger charge is -2.10. The number of halogens is 1. The second-order valence-corrected chi connectivity index (χ2v) is 7.33. The smallest absolute Gasteiger partial charge is 0.258 e. The fourth-order valence-corrected chi connectivity index (χ4v) is 3.43. The number of fused-ring (bicyclic) bond motifs is 1. The number of anilines is 1. The Hall–Kier alpha value is -2.51. The van der Waals surface area contributed by atoms with Crippen LogP contribution in [0.25, 0.3) is 5.65 Å². The average molecular weight is 404 g/mol. The van der Waals surface area contributed by atoms with Gasteiger partial charge in [-0.15, -0.1) is 11.8 Å². The monoisotopic (exact) mass is 403 g/mol. The number of methoxy groups -OCH3 is 1. The number of rotatable bonds is 6. The SMILES string of the molecule is COc1ccc(Cl)cc1NC(=O)CSCc1cc(=O)n2cc(C)ccc2n1. The highest BCUT2D eigenvalue weighted by Gasteiger charge is 2.09. The van der Waals surface area contributed by atoms with Crippen LogP contribution in [0.3, 0.4) is 0 Å². The summed E-state index contributed by atoms with van der Waals surface area (Å²) < 4.78 is 6.73. The van der Waals surface area contributed by atoms with Crippen molar-refractivity contribution in [3.8, 4) is 5.75 Å². The van der Waals surface area contributed by atoms with Crippen molar-refractivity contribution in [2.75, 3.05) is 18.2 Å². The van der Waals surface area contributed by atoms with E-state index in [1.165, 1.54) is 29.3 Å². The summed E-state index contributed by atoms with van der Waals surface area (Å²) in [5, 5.41) is 3.29. The van der Waals surface area contributed by atoms with Gasteiger partial charge in [-0.1, -0.05) is 17.7 Å². The number of pyridine rings is 1. The maximum Gasteiger partial charge on any atom is 0.258 e. The molecule has 27 heavy (non-hydrogen) atoms. The van der Waals surface area contributed by atoms with Crippen LogP contribution in [-0.2, 0) is 10.5 Å². The Morgan fingerprint density at radius 1 is 1.30 bits per heavy atom. The Kier molecular flexibility index (Phi) is 6.03. The molecule has 0 aliphatic carbocycles. The summed E-state index contributed by atoms with van der Waals surface area (Å²) in [5.74, 6) is 1.02. The average Bonchev–Trinajstić information content (AvgIpc) is 2.62. The molecule has 0 saturated heterocycles. The molecule has 0 atom stereocenters. The van der Waals surface area contributed by atoms with Crippen LogP contribution in [0.1, 0.15) is 11.3 Å². The molecule has 3 rings (SSSR count). The molecule has 0 fully saturated rings. The molecule has 2 heterocycles. The quantitative estimate of drug-likeness (QED) is 0.681. The molecule has 0 aliphatic heterocycles. The van der Waals surface area contributed by atoms with Crippen LogP contribution in [0.15, 0.2) is 47.4 Å². The number of nitrogens with zero attached hydrogens (tertiary/aromatic N) is 2. The fourth-order valence-electron chi connectivity index (χ4n) is 2.54. The summed E-state index contributed by atoms with van der Waals surface area (Å²) in [5.41, 5.74) is 2.61. The molecule has 0 unspecified atom stereocenters. The van der Waals surface area contributed by atoms with Gasteiger partial charge in [0.15, 0.2) is 0 Å². The minimum Gasteiger partial charge on any atom is -0.495 e. The number of amides is 1. The van der Waals surface area contributed by atoms with E-state index in [1.54, 1.807) is 24.4 Å². The first-order valence-corrected chi connectivity index (χ1v) is 9.69. The second kappa shape index (κ2) is 8.45. The molecule has 0 saturated carbocycles. The standard InChI is InChI=1S/C19H18ClN3O3S/c1-12-3-6-17-21-14(8-19(25)23(17)9-12)10-27-11-18(24)22-15-7-13(20)4-5-16(15)26-2/h3-9H,10-11H2,1-2H3,(H,22,24). The lowest BCUT2D eigenvalue weighted by molar-refractivity contribution is -0.113. The van der Waals surface area contributed by atoms with Crippen LogP contribution in [0.2, 0.25) is 5.02 Å². The number of carbonyl (C=O) groups excluding carboxylic acids is 1. The Morgan fingerprint density at radius 2 is 2.11 bits per heavy atom. The zero-order valence-electron chi connectivity index (χ0n) is 14.9. The molecule has 0 spiro atoms. The Morgan fingerprint density at radius 3 is 2.89 bits per heavy atom. The first-order valence-electron chi connectivity index (χ1n) is 8.16. The van der Waals surface area contributed by atoms with Gasteiger partial charge in [0.25, 0.3) is 5.56 Å². The van der Waals surface area contributed by atoms with Gasteiger partial charge in [-0.2, -0.15) is 0 Å². The Balaban J connectivity index is 1.62. The number of aromatic nitrogens is 2. The van der Waals surface area contributed by atoms with E-state index in [0.29, 0.717) is 33.6 Å². The predicted molar refractivity (Wildman–Crippen MR) is 109 cm³/mol. The summed E-state index contributed by atoms with van der Waals surface area (Å²) in [4.78, 5) is 28.9. The van der Waals surface area contributed by atoms with E-state index in [2.05, 4.69) is 10.3 Å². The number of thioether (sulfide) groups is 1. The number of hydrogen-bond donors (Lipinski definition) is 1. The van der Waals surface area contributed by atoms with E-state index in [4.69, 9.17) is 16.3 Å². The largest absolute Gasteiger partial charge is 0.495 e. The lowest BCUT2D eigenvalue weighted by atomic mass is 10.3. The number of hydrogen-bond acceptors (Lipinski definition) is 5. The zero-order valence-corrected chi connectivity index (χ0v) is 16.4. The molecule has 0 radical (unpaired) electrons. The molecular weight excluding hydrogens is 386 g/mol. The number of nitrogens with one attached hydrogen (secondary N) is 1. The summed E-state index contributed by atoms with van der Waals surface area (Å²) in [7, 11) is 1.53. The third-order valence-corrected chi connectivity index (χ3v) is 4.98. The third kappa shape index (κ3) is 4.81. The van der Waals surface area contributed by atoms with Crippen LogP contribution in [0, 0.1) is 6.92 Å². The minimum absolute atomic E-state index is 0.132. The normalized spacial score (nSPS) is 10.8. The molecule has 2 aromatic heterocycles. The van der Waals surface area contributed by atoms with E-state index >= 15 is 0 Å². The number of benzene rings is 1. The molecule has 140 valence electrons. The number of aryl methyl sites for hydroxylation is 1. The van der Waals surface area contributed by atoms with Crippen molar-refractivity contribution in [1.29, 1.82) is 0 Å². The highest BCUT2D eigenvalue weighted by molar-refractivity contribution is 7.99. The number of ether oxygens (including phenoxy) is 1. The van der Waals surface area contributed by atoms with Gasteiger partial charge in [0, 0.05) is 23.0 Å². The van der Waals surface area contributed by atoms with E-state index in [1.807, 2.05) is 19.1 Å². The number of carbonyl (C=O) groups is 1. The molecule has 0 bridgehead atoms. The Bertz CT molecular complexity index is 1050. The van der Waals surface area contributed by atoms with Crippen molar-refractivity contribution < 1.29 is 9.53 Å². The first-order chi connectivity index (χ1) is 13.0. The summed E-state index contributed by atoms with van der Waals surface area (Å²) >= 11 is 7.34. The zero-order chi connectivity index (χ0) is 19.4. The van der Waals surface area contributed by atoms with Crippen molar-refractivity contribution in [1.82, 2.24) is 9.38 Å². The minimum atomic E-state index is -0.186. The van der Waals surface area contributed by atoms with Gasteiger partial charge in [0.2, 0.25) is 5.91 Å². The van der Waals surface area contributed by atoms with Gasteiger partial charge in [-0.25, -0.2) is 4.98 Å². The van der Waals surface area contributed by atoms with Crippen molar-refractivity contribution in [2.24, 2.45) is 0 Å². The Labute approximate surface area is 165 Å². The molecule has 1 N–H and O–H groups in total. The van der Waals surface area contributed by atoms with Crippen LogP contribution >= 0.6 is 23.4 Å². The molecule has 3 aromatic rings. The first kappa shape index (κ1) is 19.3. The summed E-state index contributed by atoms with van der Waals surface area (Å²) in [6.07, 6.45) is 1.76. The van der Waals surface area contributed by atoms with Gasteiger partial charge < -0.3 is 10.1 Å². The fraction of sp³-hybridized carbons (Fsp3) is 0.211. The van der Waals surface area contributed by atoms with Crippen molar-refractivity contribution in [3.63, 3.8) is 0 Å². The molecule has 8 heteroatoms. The van der Waals surface area contributed by atoms with Gasteiger partial charge in [-0.3, -0.25) is 14.0 Å². The van der Waals surface area contributed by atoms with Gasteiger partial charge in [-0.05, 0) is 36.8 Å². The van der Waals surface area contributed by atoms with E-state index in [-0.39, 0.29) is 17.2 Å². The van der Waals surface area contributed by atoms with Crippen LogP contribution in [0.5, 0.6) is 5.75 Å². The highest BCUT2D eigenvalue weighted by Crippen LogP contribution is 2.27. The highest BCUT2D eigenvalue weighted by atomic mass is 35.5. The van der Waals surface area contributed by atoms with Crippen LogP contribution < -0.4 is 15.6 Å². The lowest BCUT2D eigenvalue weighted by Crippen LogP contribution is -2.16. The van der Waals surface area contributed by atoms with E-state index in [0.717, 1.165) is 5.56 Å². The van der Waals surface area contributed by atoms with Crippen molar-refractivity contribution in [2.45, 2.75) is 12.7 Å². The molecule has 6 nitrogen and oxygen atoms in total. The van der Waals surface area contributed by atoms with E-state index in [9.17, 15) is 9.59 Å². The molecule has 1 amide bonds. The van der Waals surface area contributed by atoms with Gasteiger partial charge >= 0.3 is 0 Å². The summed E-state index contributed by atoms with van der Waals surface area (Å²) in [6.45, 7) is 1.92. The molecule has 1 aromatic carbocycles. The van der Waals surface area contributed by atoms with Crippen LogP contribution in [0.4, 0.5) is 5.69 Å². The van der Waals surface area contributed by atoms with Gasteiger partial charge in [0.1, 0.15) is 11.4 Å². The maximum atomic E-state index is 12.2. The van der Waals surface area contributed by atoms with Crippen molar-refractivity contribution >= 4 is 40.6 Å². The molecule has 0 aliphatic rings. The predicted octanol–water partition coefficient (Wildman–Crippen LogP) is 3.54. The molecular formula is C19H18ClN3O3S. The van der Waals surface area contributed by atoms with Crippen LogP contribution in [-0.4, -0.2) is 28.2 Å². The maximum absolute atomic E-state index is 12.2. The summed E-state index contributed by atoms with van der Waals surface area (Å²) in [6, 6.07) is 10.2. The van der Waals surface area contributed by atoms with Crippen molar-refractivity contribution in [3.05, 3.63) is 69.2 Å². The topological polar surface area (TPSA) is 72.7 Å². The third-order valence-electron chi connectivity index (χ3n) is 3.78.